The Morgan fingerprint density at radius 3 is 2.52 bits per heavy atom. The van der Waals surface area contributed by atoms with Crippen LogP contribution < -0.4 is 0 Å². The molecule has 3 aromatic rings. The molecule has 1 aliphatic heterocycles. The van der Waals surface area contributed by atoms with Gasteiger partial charge in [0.05, 0.1) is 6.54 Å². The molecule has 0 radical (unpaired) electrons. The van der Waals surface area contributed by atoms with E-state index in [1.165, 1.54) is 22.5 Å². The second-order valence-electron chi connectivity index (χ2n) is 6.51. The van der Waals surface area contributed by atoms with Crippen LogP contribution in [0.1, 0.15) is 5.76 Å². The molecule has 0 spiro atoms. The fourth-order valence-electron chi connectivity index (χ4n) is 3.29. The number of piperazine rings is 1. The Balaban J connectivity index is 1.43. The number of hydrogen-bond donors (Lipinski definition) is 0. The average molecular weight is 409 g/mol. The summed E-state index contributed by atoms with van der Waals surface area (Å²) in [6.07, 6.45) is 0. The van der Waals surface area contributed by atoms with Gasteiger partial charge in [-0.1, -0.05) is 23.7 Å². The monoisotopic (exact) mass is 408 g/mol. The smallest absolute Gasteiger partial charge is 0.246 e. The van der Waals surface area contributed by atoms with Gasteiger partial charge in [0.1, 0.15) is 22.1 Å². The van der Waals surface area contributed by atoms with Gasteiger partial charge in [-0.05, 0) is 36.4 Å². The summed E-state index contributed by atoms with van der Waals surface area (Å²) in [6, 6.07) is 12.9. The SMILES string of the molecule is O=S(=O)(c1ccccc1F)N1CCN(Cc2cc3cc(Cl)ccc3o2)CC1. The minimum absolute atomic E-state index is 0.271. The van der Waals surface area contributed by atoms with Gasteiger partial charge in [0.2, 0.25) is 10.0 Å². The average Bonchev–Trinajstić information content (AvgIpc) is 3.03. The van der Waals surface area contributed by atoms with Crippen molar-refractivity contribution in [3.8, 4) is 0 Å². The van der Waals surface area contributed by atoms with Crippen LogP contribution in [0.25, 0.3) is 11.0 Å². The fraction of sp³-hybridized carbons (Fsp3) is 0.263. The molecule has 0 unspecified atom stereocenters. The Kier molecular flexibility index (Phi) is 4.94. The van der Waals surface area contributed by atoms with E-state index in [-0.39, 0.29) is 4.90 Å². The van der Waals surface area contributed by atoms with Gasteiger partial charge in [-0.15, -0.1) is 0 Å². The highest BCUT2D eigenvalue weighted by atomic mass is 35.5. The number of fused-ring (bicyclic) bond motifs is 1. The van der Waals surface area contributed by atoms with Crippen LogP contribution in [0.3, 0.4) is 0 Å². The van der Waals surface area contributed by atoms with E-state index in [2.05, 4.69) is 4.90 Å². The molecule has 0 amide bonds. The topological polar surface area (TPSA) is 53.8 Å². The Morgan fingerprint density at radius 2 is 1.78 bits per heavy atom. The second-order valence-corrected chi connectivity index (χ2v) is 8.85. The molecule has 2 aromatic carbocycles. The van der Waals surface area contributed by atoms with Crippen molar-refractivity contribution in [1.82, 2.24) is 9.21 Å². The van der Waals surface area contributed by atoms with Gasteiger partial charge in [-0.25, -0.2) is 12.8 Å². The molecule has 1 aromatic heterocycles. The first-order valence-electron chi connectivity index (χ1n) is 8.58. The van der Waals surface area contributed by atoms with Crippen LogP contribution in [0.2, 0.25) is 5.02 Å². The molecule has 8 heteroatoms. The number of hydrogen-bond acceptors (Lipinski definition) is 4. The minimum Gasteiger partial charge on any atom is -0.460 e. The van der Waals surface area contributed by atoms with Crippen LogP contribution in [0.15, 0.2) is 57.8 Å². The maximum Gasteiger partial charge on any atom is 0.246 e. The molecule has 1 fully saturated rings. The van der Waals surface area contributed by atoms with Crippen LogP contribution in [0.5, 0.6) is 0 Å². The largest absolute Gasteiger partial charge is 0.460 e. The molecule has 0 N–H and O–H groups in total. The summed E-state index contributed by atoms with van der Waals surface area (Å²) in [5, 5.41) is 1.60. The standard InChI is InChI=1S/C19H18ClFN2O3S/c20-15-5-6-18-14(11-15)12-16(26-18)13-22-7-9-23(10-8-22)27(24,25)19-4-2-1-3-17(19)21/h1-6,11-12H,7-10,13H2. The predicted molar refractivity (Wildman–Crippen MR) is 102 cm³/mol. The quantitative estimate of drug-likeness (QED) is 0.660. The molecule has 0 aliphatic carbocycles. The third-order valence-electron chi connectivity index (χ3n) is 4.69. The number of nitrogens with zero attached hydrogens (tertiary/aromatic N) is 2. The molecule has 0 saturated carbocycles. The van der Waals surface area contributed by atoms with Crippen LogP contribution in [-0.4, -0.2) is 43.8 Å². The Morgan fingerprint density at radius 1 is 1.04 bits per heavy atom. The first kappa shape index (κ1) is 18.4. The van der Waals surface area contributed by atoms with Gasteiger partial charge in [-0.3, -0.25) is 4.90 Å². The molecule has 0 atom stereocenters. The molecule has 0 bridgehead atoms. The van der Waals surface area contributed by atoms with Crippen molar-refractivity contribution >= 4 is 32.6 Å². The highest BCUT2D eigenvalue weighted by Gasteiger charge is 2.30. The molecule has 142 valence electrons. The van der Waals surface area contributed by atoms with E-state index in [1.807, 2.05) is 18.2 Å². The third kappa shape index (κ3) is 3.73. The zero-order valence-electron chi connectivity index (χ0n) is 14.4. The lowest BCUT2D eigenvalue weighted by atomic mass is 10.2. The summed E-state index contributed by atoms with van der Waals surface area (Å²) in [4.78, 5) is 1.85. The van der Waals surface area contributed by atoms with E-state index >= 15 is 0 Å². The van der Waals surface area contributed by atoms with Crippen molar-refractivity contribution in [3.05, 3.63) is 65.1 Å². The molecule has 1 saturated heterocycles. The lowest BCUT2D eigenvalue weighted by Gasteiger charge is -2.33. The highest BCUT2D eigenvalue weighted by molar-refractivity contribution is 7.89. The van der Waals surface area contributed by atoms with Crippen molar-refractivity contribution in [1.29, 1.82) is 0 Å². The summed E-state index contributed by atoms with van der Waals surface area (Å²) in [5.74, 6) is 0.0820. The zero-order chi connectivity index (χ0) is 19.0. The van der Waals surface area contributed by atoms with Gasteiger partial charge in [0.25, 0.3) is 0 Å². The number of furan rings is 1. The van der Waals surface area contributed by atoms with Crippen molar-refractivity contribution in [2.24, 2.45) is 0 Å². The predicted octanol–water partition coefficient (Wildman–Crippen LogP) is 3.73. The maximum atomic E-state index is 13.9. The lowest BCUT2D eigenvalue weighted by molar-refractivity contribution is 0.172. The third-order valence-corrected chi connectivity index (χ3v) is 6.86. The van der Waals surface area contributed by atoms with Crippen LogP contribution in [0, 0.1) is 5.82 Å². The van der Waals surface area contributed by atoms with Crippen molar-refractivity contribution in [2.75, 3.05) is 26.2 Å². The normalized spacial score (nSPS) is 16.8. The molecule has 2 heterocycles. The molecule has 1 aliphatic rings. The van der Waals surface area contributed by atoms with E-state index < -0.39 is 15.8 Å². The number of sulfonamides is 1. The molecular weight excluding hydrogens is 391 g/mol. The summed E-state index contributed by atoms with van der Waals surface area (Å²) in [6.45, 7) is 2.29. The summed E-state index contributed by atoms with van der Waals surface area (Å²) in [7, 11) is -3.82. The van der Waals surface area contributed by atoms with Gasteiger partial charge in [0.15, 0.2) is 0 Å². The number of rotatable bonds is 4. The van der Waals surface area contributed by atoms with E-state index in [0.29, 0.717) is 37.7 Å². The first-order valence-corrected chi connectivity index (χ1v) is 10.4. The zero-order valence-corrected chi connectivity index (χ0v) is 16.0. The highest BCUT2D eigenvalue weighted by Crippen LogP contribution is 2.25. The van der Waals surface area contributed by atoms with Crippen molar-refractivity contribution in [2.45, 2.75) is 11.4 Å². The lowest BCUT2D eigenvalue weighted by Crippen LogP contribution is -2.48. The van der Waals surface area contributed by atoms with Gasteiger partial charge in [0, 0.05) is 36.6 Å². The summed E-state index contributed by atoms with van der Waals surface area (Å²) < 4.78 is 46.4. The van der Waals surface area contributed by atoms with Crippen LogP contribution in [-0.2, 0) is 16.6 Å². The second kappa shape index (κ2) is 7.24. The van der Waals surface area contributed by atoms with E-state index in [9.17, 15) is 12.8 Å². The number of benzene rings is 2. The molecule has 5 nitrogen and oxygen atoms in total. The molecule has 27 heavy (non-hydrogen) atoms. The van der Waals surface area contributed by atoms with E-state index in [4.69, 9.17) is 16.0 Å². The van der Waals surface area contributed by atoms with E-state index in [0.717, 1.165) is 22.8 Å². The van der Waals surface area contributed by atoms with E-state index in [1.54, 1.807) is 6.07 Å². The maximum absolute atomic E-state index is 13.9. The van der Waals surface area contributed by atoms with Crippen LogP contribution >= 0.6 is 11.6 Å². The fourth-order valence-corrected chi connectivity index (χ4v) is 4.96. The van der Waals surface area contributed by atoms with Gasteiger partial charge in [-0.2, -0.15) is 4.31 Å². The Hall–Kier alpha value is -1.93. The summed E-state index contributed by atoms with van der Waals surface area (Å²) >= 11 is 6.00. The van der Waals surface area contributed by atoms with Crippen molar-refractivity contribution in [3.63, 3.8) is 0 Å². The van der Waals surface area contributed by atoms with Gasteiger partial charge >= 0.3 is 0 Å². The summed E-state index contributed by atoms with van der Waals surface area (Å²) in [5.41, 5.74) is 0.773. The number of halogens is 2. The first-order chi connectivity index (χ1) is 12.9. The minimum atomic E-state index is -3.82. The molecular formula is C19H18ClFN2O3S. The Labute approximate surface area is 162 Å². The molecule has 4 rings (SSSR count). The van der Waals surface area contributed by atoms with Gasteiger partial charge < -0.3 is 4.42 Å². The van der Waals surface area contributed by atoms with Crippen molar-refractivity contribution < 1.29 is 17.2 Å². The van der Waals surface area contributed by atoms with Crippen LogP contribution in [0.4, 0.5) is 4.39 Å². The Bertz CT molecular complexity index is 1080.